The van der Waals surface area contributed by atoms with Gasteiger partial charge in [0.2, 0.25) is 0 Å². The van der Waals surface area contributed by atoms with E-state index in [0.29, 0.717) is 0 Å². The summed E-state index contributed by atoms with van der Waals surface area (Å²) in [6.45, 7) is 10.4. The Morgan fingerprint density at radius 2 is 1.42 bits per heavy atom. The molecule has 0 aromatic rings. The molecule has 0 unspecified atom stereocenters. The van der Waals surface area contributed by atoms with Crippen molar-refractivity contribution in [3.8, 4) is 11.1 Å². The van der Waals surface area contributed by atoms with Crippen LogP contribution in [0.3, 0.4) is 0 Å². The summed E-state index contributed by atoms with van der Waals surface area (Å²) in [6, 6.07) is 17.1. The highest BCUT2D eigenvalue weighted by Crippen LogP contribution is 2.20. The fourth-order valence-corrected chi connectivity index (χ4v) is 2.20. The molecule has 0 aromatic carbocycles. The van der Waals surface area contributed by atoms with Crippen LogP contribution in [0.25, 0.3) is 23.8 Å². The topological polar surface area (TPSA) is 0 Å². The van der Waals surface area contributed by atoms with Crippen LogP contribution >= 0.6 is 0 Å². The van der Waals surface area contributed by atoms with Crippen LogP contribution in [-0.2, 0) is 0 Å². The van der Waals surface area contributed by atoms with E-state index in [2.05, 4.69) is 82.0 Å². The molecule has 0 spiro atoms. The van der Waals surface area contributed by atoms with Crippen molar-refractivity contribution in [2.45, 2.75) is 20.8 Å². The largest absolute Gasteiger partial charge is 0.0918 e. The molecule has 0 saturated carbocycles. The van der Waals surface area contributed by atoms with E-state index in [9.17, 15) is 0 Å². The first-order chi connectivity index (χ1) is 9.11. The van der Waals surface area contributed by atoms with Crippen molar-refractivity contribution < 1.29 is 0 Å². The third-order valence-corrected chi connectivity index (χ3v) is 3.47. The minimum absolute atomic E-state index is 1.03. The summed E-state index contributed by atoms with van der Waals surface area (Å²) in [4.78, 5) is 0. The zero-order valence-corrected chi connectivity index (χ0v) is 11.9. The molecule has 0 aliphatic heterocycles. The molecular weight excluding hydrogens is 228 g/mol. The van der Waals surface area contributed by atoms with Gasteiger partial charge in [-0.15, -0.1) is 0 Å². The molecule has 2 rings (SSSR count). The van der Waals surface area contributed by atoms with E-state index >= 15 is 0 Å². The van der Waals surface area contributed by atoms with Gasteiger partial charge in [0.05, 0.1) is 0 Å². The molecule has 0 nitrogen and oxygen atoms in total. The molecule has 2 aliphatic carbocycles. The van der Waals surface area contributed by atoms with Gasteiger partial charge in [-0.3, -0.25) is 0 Å². The van der Waals surface area contributed by atoms with E-state index in [1.807, 2.05) is 0 Å². The first-order valence-electron chi connectivity index (χ1n) is 6.61. The Morgan fingerprint density at radius 1 is 0.789 bits per heavy atom. The van der Waals surface area contributed by atoms with Gasteiger partial charge < -0.3 is 0 Å². The third-order valence-electron chi connectivity index (χ3n) is 3.47. The Labute approximate surface area is 115 Å². The Hall–Kier alpha value is -2.08. The average molecular weight is 248 g/mol. The lowest BCUT2D eigenvalue weighted by Gasteiger charge is -2.04. The minimum atomic E-state index is 1.03. The molecule has 0 atom stereocenters. The Balaban J connectivity index is 2.94. The van der Waals surface area contributed by atoms with E-state index in [0.717, 1.165) is 5.22 Å². The fraction of sp³-hybridized carbons (Fsp3) is 0.158. The second kappa shape index (κ2) is 5.71. The summed E-state index contributed by atoms with van der Waals surface area (Å²) < 4.78 is 0. The van der Waals surface area contributed by atoms with Crippen LogP contribution in [0.1, 0.15) is 18.1 Å². The molecule has 0 N–H and O–H groups in total. The zero-order valence-electron chi connectivity index (χ0n) is 11.9. The summed E-state index contributed by atoms with van der Waals surface area (Å²) >= 11 is 0. The van der Waals surface area contributed by atoms with Crippen LogP contribution in [0.2, 0.25) is 0 Å². The summed E-state index contributed by atoms with van der Waals surface area (Å²) in [5, 5.41) is 2.30. The number of hydrogen-bond acceptors (Lipinski definition) is 0. The molecule has 0 fully saturated rings. The summed E-state index contributed by atoms with van der Waals surface area (Å²) in [7, 11) is 0. The van der Waals surface area contributed by atoms with E-state index in [1.54, 1.807) is 0 Å². The van der Waals surface area contributed by atoms with Gasteiger partial charge in [-0.1, -0.05) is 61.2 Å². The Kier molecular flexibility index (Phi) is 4.01. The molecule has 2 aliphatic rings. The van der Waals surface area contributed by atoms with Crippen LogP contribution in [-0.4, -0.2) is 0 Å². The van der Waals surface area contributed by atoms with Gasteiger partial charge in [0.25, 0.3) is 0 Å². The molecule has 0 bridgehead atoms. The van der Waals surface area contributed by atoms with Crippen LogP contribution in [0, 0.1) is 13.8 Å². The molecule has 96 valence electrons. The van der Waals surface area contributed by atoms with Crippen molar-refractivity contribution in [1.29, 1.82) is 0 Å². The highest BCUT2D eigenvalue weighted by Gasteiger charge is 1.98. The van der Waals surface area contributed by atoms with Crippen LogP contribution < -0.4 is 10.4 Å². The number of rotatable bonds is 0. The smallest absolute Gasteiger partial charge is 0.0155 e. The standard InChI is InChI=1S/C19H20/c1-5-17-12-13-19-16(4)8-6-14(2)7-10-18(19)11-9-15(17)3/h5-13H,2H2,1,3-4H3/b8-6?,10-7?,13-12?,15-9?,17-5+,18-11?,19-16?. The minimum Gasteiger partial charge on any atom is -0.0918 e. The normalized spacial score (nSPS) is 11.4. The number of fused-ring (bicyclic) bond motifs is 1. The van der Waals surface area contributed by atoms with E-state index in [-0.39, 0.29) is 0 Å². The lowest BCUT2D eigenvalue weighted by molar-refractivity contribution is 1.40. The van der Waals surface area contributed by atoms with Crippen LogP contribution in [0.4, 0.5) is 0 Å². The highest BCUT2D eigenvalue weighted by atomic mass is 14.0. The molecule has 0 heteroatoms. The maximum absolute atomic E-state index is 4.00. The van der Waals surface area contributed by atoms with Gasteiger partial charge in [0.1, 0.15) is 0 Å². The van der Waals surface area contributed by atoms with E-state index < -0.39 is 0 Å². The summed E-state index contributed by atoms with van der Waals surface area (Å²) in [5.41, 5.74) is 5.04. The van der Waals surface area contributed by atoms with Crippen LogP contribution in [0.15, 0.2) is 48.5 Å². The summed E-state index contributed by atoms with van der Waals surface area (Å²) in [6.07, 6.45) is 2.15. The van der Waals surface area contributed by atoms with E-state index in [4.69, 9.17) is 0 Å². The lowest BCUT2D eigenvalue weighted by Crippen LogP contribution is -2.02. The van der Waals surface area contributed by atoms with Gasteiger partial charge >= 0.3 is 0 Å². The predicted octanol–water partition coefficient (Wildman–Crippen LogP) is 3.74. The first kappa shape index (κ1) is 13.4. The molecule has 0 heterocycles. The van der Waals surface area contributed by atoms with Crippen molar-refractivity contribution in [2.75, 3.05) is 0 Å². The zero-order chi connectivity index (χ0) is 13.8. The Bertz CT molecular complexity index is 722. The number of hydrogen-bond donors (Lipinski definition) is 0. The van der Waals surface area contributed by atoms with Gasteiger partial charge in [-0.05, 0) is 53.5 Å². The van der Waals surface area contributed by atoms with Crippen LogP contribution in [0.5, 0.6) is 0 Å². The molecule has 0 aromatic heterocycles. The maximum Gasteiger partial charge on any atom is -0.0155 e. The molecule has 0 amide bonds. The second-order valence-electron chi connectivity index (χ2n) is 4.89. The maximum atomic E-state index is 4.00. The highest BCUT2D eigenvalue weighted by molar-refractivity contribution is 5.66. The molecule has 19 heavy (non-hydrogen) atoms. The number of aryl methyl sites for hydroxylation is 2. The SMILES string of the molecule is C=c1ccc2ccc(C)/c(=C/C)ccc-2c(C)cc1. The molecular formula is C19H20. The lowest BCUT2D eigenvalue weighted by atomic mass is 10.0. The first-order valence-corrected chi connectivity index (χ1v) is 6.61. The Morgan fingerprint density at radius 3 is 2.16 bits per heavy atom. The van der Waals surface area contributed by atoms with Gasteiger partial charge in [0, 0.05) is 0 Å². The van der Waals surface area contributed by atoms with Crippen molar-refractivity contribution in [1.82, 2.24) is 0 Å². The molecule has 0 radical (unpaired) electrons. The molecule has 0 saturated heterocycles. The average Bonchev–Trinajstić information content (AvgIpc) is 2.38. The van der Waals surface area contributed by atoms with Gasteiger partial charge in [0.15, 0.2) is 0 Å². The second-order valence-corrected chi connectivity index (χ2v) is 4.89. The predicted molar refractivity (Wildman–Crippen MR) is 85.1 cm³/mol. The van der Waals surface area contributed by atoms with Gasteiger partial charge in [-0.2, -0.15) is 0 Å². The van der Waals surface area contributed by atoms with Crippen molar-refractivity contribution in [3.63, 3.8) is 0 Å². The van der Waals surface area contributed by atoms with Crippen molar-refractivity contribution in [2.24, 2.45) is 0 Å². The fourth-order valence-electron chi connectivity index (χ4n) is 2.20. The van der Waals surface area contributed by atoms with Crippen molar-refractivity contribution >= 4 is 12.7 Å². The summed E-state index contributed by atoms with van der Waals surface area (Å²) in [5.74, 6) is 0. The van der Waals surface area contributed by atoms with Gasteiger partial charge in [-0.25, -0.2) is 0 Å². The van der Waals surface area contributed by atoms with Crippen molar-refractivity contribution in [3.05, 3.63) is 70.1 Å². The van der Waals surface area contributed by atoms with E-state index in [1.165, 1.54) is 27.5 Å². The monoisotopic (exact) mass is 248 g/mol. The quantitative estimate of drug-likeness (QED) is 0.666. The third kappa shape index (κ3) is 3.03.